The van der Waals surface area contributed by atoms with Gasteiger partial charge in [-0.05, 0) is 35.1 Å². The second-order valence-corrected chi connectivity index (χ2v) is 5.22. The monoisotopic (exact) mass is 224 g/mol. The molecule has 1 aromatic carbocycles. The highest BCUT2D eigenvalue weighted by atomic mass is 32.2. The lowest BCUT2D eigenvalue weighted by Gasteiger charge is -2.18. The third-order valence-electron chi connectivity index (χ3n) is 1.99. The van der Waals surface area contributed by atoms with Gasteiger partial charge in [-0.15, -0.1) is 0 Å². The van der Waals surface area contributed by atoms with Crippen LogP contribution in [0.25, 0.3) is 0 Å². The van der Waals surface area contributed by atoms with Crippen LogP contribution < -0.4 is 10.5 Å². The standard InChI is InChI=1S/C11H16N2OS/c1-11(2,3)8-4-6-9(7-5-8)15-13-10(12)14/h4-7H,1-3H3,(H3,12,13,14). The maximum atomic E-state index is 10.5. The Labute approximate surface area is 94.6 Å². The van der Waals surface area contributed by atoms with Gasteiger partial charge in [0.15, 0.2) is 0 Å². The van der Waals surface area contributed by atoms with Gasteiger partial charge in [0.05, 0.1) is 0 Å². The number of amides is 2. The summed E-state index contributed by atoms with van der Waals surface area (Å²) < 4.78 is 2.48. The van der Waals surface area contributed by atoms with E-state index in [1.807, 2.05) is 12.1 Å². The number of urea groups is 1. The Morgan fingerprint density at radius 3 is 2.20 bits per heavy atom. The first-order valence-corrected chi connectivity index (χ1v) is 5.54. The van der Waals surface area contributed by atoms with Gasteiger partial charge in [-0.1, -0.05) is 32.9 Å². The Morgan fingerprint density at radius 2 is 1.80 bits per heavy atom. The third-order valence-corrected chi connectivity index (χ3v) is 2.80. The molecule has 0 saturated carbocycles. The average Bonchev–Trinajstić information content (AvgIpc) is 2.14. The van der Waals surface area contributed by atoms with Crippen molar-refractivity contribution in [3.8, 4) is 0 Å². The van der Waals surface area contributed by atoms with E-state index in [-0.39, 0.29) is 5.41 Å². The number of nitrogens with one attached hydrogen (secondary N) is 1. The van der Waals surface area contributed by atoms with E-state index in [0.717, 1.165) is 4.90 Å². The van der Waals surface area contributed by atoms with Crippen molar-refractivity contribution < 1.29 is 4.79 Å². The van der Waals surface area contributed by atoms with Crippen molar-refractivity contribution in [2.45, 2.75) is 31.1 Å². The quantitative estimate of drug-likeness (QED) is 0.759. The van der Waals surface area contributed by atoms with E-state index in [1.54, 1.807) is 0 Å². The minimum absolute atomic E-state index is 0.153. The van der Waals surface area contributed by atoms with E-state index < -0.39 is 6.03 Å². The summed E-state index contributed by atoms with van der Waals surface area (Å²) in [6, 6.07) is 7.54. The summed E-state index contributed by atoms with van der Waals surface area (Å²) in [6.45, 7) is 6.49. The summed E-state index contributed by atoms with van der Waals surface area (Å²) in [5.41, 5.74) is 6.39. The highest BCUT2D eigenvalue weighted by molar-refractivity contribution is 7.98. The number of carbonyl (C=O) groups excluding carboxylic acids is 1. The highest BCUT2D eigenvalue weighted by Gasteiger charge is 2.12. The zero-order valence-corrected chi connectivity index (χ0v) is 10.0. The molecule has 3 N–H and O–H groups in total. The summed E-state index contributed by atoms with van der Waals surface area (Å²) in [5.74, 6) is 0. The van der Waals surface area contributed by atoms with Crippen molar-refractivity contribution in [3.63, 3.8) is 0 Å². The van der Waals surface area contributed by atoms with Crippen LogP contribution in [0.4, 0.5) is 4.79 Å². The molecule has 1 aromatic rings. The van der Waals surface area contributed by atoms with Gasteiger partial charge in [0.25, 0.3) is 0 Å². The second-order valence-electron chi connectivity index (χ2n) is 4.34. The maximum Gasteiger partial charge on any atom is 0.322 e. The average molecular weight is 224 g/mol. The zero-order valence-electron chi connectivity index (χ0n) is 9.20. The van der Waals surface area contributed by atoms with Crippen molar-refractivity contribution in [1.29, 1.82) is 0 Å². The molecule has 0 aliphatic carbocycles. The molecule has 0 heterocycles. The maximum absolute atomic E-state index is 10.5. The Bertz CT molecular complexity index is 341. The van der Waals surface area contributed by atoms with Crippen LogP contribution in [-0.2, 0) is 5.41 Å². The molecule has 0 aliphatic rings. The summed E-state index contributed by atoms with van der Waals surface area (Å²) in [4.78, 5) is 11.5. The fourth-order valence-corrected chi connectivity index (χ4v) is 1.62. The van der Waals surface area contributed by atoms with E-state index >= 15 is 0 Å². The van der Waals surface area contributed by atoms with E-state index in [0.29, 0.717) is 0 Å². The number of hydrogen-bond donors (Lipinski definition) is 2. The van der Waals surface area contributed by atoms with Crippen LogP contribution in [0, 0.1) is 0 Å². The van der Waals surface area contributed by atoms with Gasteiger partial charge >= 0.3 is 6.03 Å². The van der Waals surface area contributed by atoms with Crippen LogP contribution in [0.5, 0.6) is 0 Å². The van der Waals surface area contributed by atoms with Crippen LogP contribution in [0.1, 0.15) is 26.3 Å². The van der Waals surface area contributed by atoms with Gasteiger partial charge < -0.3 is 5.73 Å². The summed E-state index contributed by atoms with van der Waals surface area (Å²) >= 11 is 1.22. The Kier molecular flexibility index (Phi) is 3.63. The number of rotatable bonds is 2. The van der Waals surface area contributed by atoms with Gasteiger partial charge in [-0.3, -0.25) is 4.72 Å². The lowest BCUT2D eigenvalue weighted by molar-refractivity contribution is 0.254. The summed E-state index contributed by atoms with van der Waals surface area (Å²) in [7, 11) is 0. The van der Waals surface area contributed by atoms with Crippen LogP contribution in [-0.4, -0.2) is 6.03 Å². The molecule has 0 atom stereocenters. The van der Waals surface area contributed by atoms with Crippen LogP contribution >= 0.6 is 11.9 Å². The van der Waals surface area contributed by atoms with E-state index in [4.69, 9.17) is 5.73 Å². The topological polar surface area (TPSA) is 55.1 Å². The van der Waals surface area contributed by atoms with Gasteiger partial charge in [0.1, 0.15) is 0 Å². The molecule has 0 fully saturated rings. The van der Waals surface area contributed by atoms with Gasteiger partial charge in [0, 0.05) is 4.90 Å². The Morgan fingerprint density at radius 1 is 1.27 bits per heavy atom. The minimum Gasteiger partial charge on any atom is -0.351 e. The molecular weight excluding hydrogens is 208 g/mol. The zero-order chi connectivity index (χ0) is 11.5. The van der Waals surface area contributed by atoms with Crippen molar-refractivity contribution in [2.24, 2.45) is 5.73 Å². The third kappa shape index (κ3) is 3.83. The molecule has 2 amide bonds. The number of primary amides is 1. The molecule has 82 valence electrons. The molecule has 4 heteroatoms. The SMILES string of the molecule is CC(C)(C)c1ccc(SNC(N)=O)cc1. The molecule has 0 aliphatic heterocycles. The lowest BCUT2D eigenvalue weighted by Crippen LogP contribution is -2.22. The molecule has 0 saturated heterocycles. The molecule has 0 unspecified atom stereocenters. The van der Waals surface area contributed by atoms with E-state index in [9.17, 15) is 4.79 Å². The van der Waals surface area contributed by atoms with Crippen molar-refractivity contribution in [2.75, 3.05) is 0 Å². The molecule has 0 aromatic heterocycles. The van der Waals surface area contributed by atoms with Crippen LogP contribution in [0.3, 0.4) is 0 Å². The number of benzene rings is 1. The number of nitrogens with two attached hydrogens (primary N) is 1. The molecule has 0 spiro atoms. The Hall–Kier alpha value is -1.16. The van der Waals surface area contributed by atoms with E-state index in [2.05, 4.69) is 37.6 Å². The summed E-state index contributed by atoms with van der Waals surface area (Å²) in [5, 5.41) is 0. The fraction of sp³-hybridized carbons (Fsp3) is 0.364. The first kappa shape index (κ1) is 11.9. The molecule has 0 bridgehead atoms. The normalized spacial score (nSPS) is 11.1. The van der Waals surface area contributed by atoms with Crippen molar-refractivity contribution >= 4 is 18.0 Å². The number of carbonyl (C=O) groups is 1. The summed E-state index contributed by atoms with van der Waals surface area (Å²) in [6.07, 6.45) is 0. The van der Waals surface area contributed by atoms with Crippen molar-refractivity contribution in [3.05, 3.63) is 29.8 Å². The van der Waals surface area contributed by atoms with Gasteiger partial charge in [-0.25, -0.2) is 4.79 Å². The van der Waals surface area contributed by atoms with Crippen LogP contribution in [0.15, 0.2) is 29.2 Å². The highest BCUT2D eigenvalue weighted by Crippen LogP contribution is 2.24. The number of hydrogen-bond acceptors (Lipinski definition) is 2. The first-order valence-electron chi connectivity index (χ1n) is 4.72. The largest absolute Gasteiger partial charge is 0.351 e. The minimum atomic E-state index is -0.528. The molecule has 15 heavy (non-hydrogen) atoms. The van der Waals surface area contributed by atoms with E-state index in [1.165, 1.54) is 17.5 Å². The van der Waals surface area contributed by atoms with Gasteiger partial charge in [-0.2, -0.15) is 0 Å². The predicted octanol–water partition coefficient (Wildman–Crippen LogP) is 2.66. The second kappa shape index (κ2) is 4.57. The van der Waals surface area contributed by atoms with Gasteiger partial charge in [0.2, 0.25) is 0 Å². The molecule has 0 radical (unpaired) electrons. The first-order chi connectivity index (χ1) is 6.89. The van der Waals surface area contributed by atoms with Crippen molar-refractivity contribution in [1.82, 2.24) is 4.72 Å². The van der Waals surface area contributed by atoms with Crippen LogP contribution in [0.2, 0.25) is 0 Å². The Balaban J connectivity index is 2.69. The predicted molar refractivity (Wildman–Crippen MR) is 63.7 cm³/mol. The lowest BCUT2D eigenvalue weighted by atomic mass is 9.87. The molecule has 1 rings (SSSR count). The smallest absolute Gasteiger partial charge is 0.322 e. The fourth-order valence-electron chi connectivity index (χ4n) is 1.13. The molecular formula is C11H16N2OS. The molecule has 3 nitrogen and oxygen atoms in total.